The van der Waals surface area contributed by atoms with E-state index in [1.54, 1.807) is 31.4 Å². The Hall–Kier alpha value is -2.80. The third-order valence-electron chi connectivity index (χ3n) is 5.92. The Labute approximate surface area is 237 Å². The van der Waals surface area contributed by atoms with Gasteiger partial charge >= 0.3 is 0 Å². The first-order valence-electron chi connectivity index (χ1n) is 12.8. The molecule has 0 amide bonds. The van der Waals surface area contributed by atoms with Crippen LogP contribution in [0.15, 0.2) is 82.6 Å². The summed E-state index contributed by atoms with van der Waals surface area (Å²) in [6.07, 6.45) is 0.599. The third-order valence-corrected chi connectivity index (χ3v) is 8.57. The van der Waals surface area contributed by atoms with Gasteiger partial charge in [-0.2, -0.15) is 16.8 Å². The zero-order valence-corrected chi connectivity index (χ0v) is 24.6. The van der Waals surface area contributed by atoms with Crippen LogP contribution >= 0.6 is 0 Å². The zero-order chi connectivity index (χ0) is 29.0. The van der Waals surface area contributed by atoms with Crippen LogP contribution in [0, 0.1) is 19.8 Å². The molecule has 0 aliphatic carbocycles. The van der Waals surface area contributed by atoms with Crippen LogP contribution in [-0.4, -0.2) is 63.6 Å². The molecule has 40 heavy (non-hydrogen) atoms. The van der Waals surface area contributed by atoms with E-state index in [0.29, 0.717) is 6.42 Å². The molecule has 11 heteroatoms. The van der Waals surface area contributed by atoms with Gasteiger partial charge in [0.1, 0.15) is 5.75 Å². The predicted octanol–water partition coefficient (Wildman–Crippen LogP) is 4.31. The summed E-state index contributed by atoms with van der Waals surface area (Å²) in [7, 11) is -6.15. The fourth-order valence-electron chi connectivity index (χ4n) is 3.75. The van der Waals surface area contributed by atoms with Gasteiger partial charge in [0, 0.05) is 5.92 Å². The molecule has 0 bridgehead atoms. The van der Waals surface area contributed by atoms with E-state index in [1.165, 1.54) is 24.3 Å². The molecule has 218 valence electrons. The van der Waals surface area contributed by atoms with Crippen molar-refractivity contribution in [3.63, 3.8) is 0 Å². The Balaban J connectivity index is 1.48. The molecule has 0 atom stereocenters. The first kappa shape index (κ1) is 31.7. The highest BCUT2D eigenvalue weighted by atomic mass is 32.2. The van der Waals surface area contributed by atoms with Crippen LogP contribution in [0.1, 0.15) is 16.7 Å². The van der Waals surface area contributed by atoms with Crippen LogP contribution in [-0.2, 0) is 44.5 Å². The number of rotatable bonds is 17. The van der Waals surface area contributed by atoms with E-state index in [2.05, 4.69) is 0 Å². The van der Waals surface area contributed by atoms with Gasteiger partial charge in [0.25, 0.3) is 20.2 Å². The number of ether oxygens (including phenoxy) is 3. The van der Waals surface area contributed by atoms with Crippen molar-refractivity contribution in [2.45, 2.75) is 30.1 Å². The molecule has 0 unspecified atom stereocenters. The van der Waals surface area contributed by atoms with E-state index < -0.39 is 20.2 Å². The van der Waals surface area contributed by atoms with Gasteiger partial charge in [0.05, 0.1) is 56.5 Å². The quantitative estimate of drug-likeness (QED) is 0.167. The summed E-state index contributed by atoms with van der Waals surface area (Å²) in [6, 6.07) is 20.5. The van der Waals surface area contributed by atoms with Gasteiger partial charge in [-0.05, 0) is 62.2 Å². The average molecular weight is 593 g/mol. The highest BCUT2D eigenvalue weighted by Gasteiger charge is 2.17. The molecule has 0 spiro atoms. The summed E-state index contributed by atoms with van der Waals surface area (Å²) in [5, 5.41) is 0. The second-order valence-electron chi connectivity index (χ2n) is 9.25. The highest BCUT2D eigenvalue weighted by Crippen LogP contribution is 2.18. The topological polar surface area (TPSA) is 114 Å². The summed E-state index contributed by atoms with van der Waals surface area (Å²) in [4.78, 5) is 0.183. The molecule has 3 aromatic rings. The zero-order valence-electron chi connectivity index (χ0n) is 22.9. The van der Waals surface area contributed by atoms with Gasteiger partial charge in [-0.3, -0.25) is 8.37 Å². The molecule has 0 aliphatic heterocycles. The number of benzene rings is 3. The van der Waals surface area contributed by atoms with Crippen molar-refractivity contribution in [2.24, 2.45) is 5.92 Å². The van der Waals surface area contributed by atoms with Gasteiger partial charge in [0.2, 0.25) is 0 Å². The van der Waals surface area contributed by atoms with Gasteiger partial charge in [-0.15, -0.1) is 0 Å². The Morgan fingerprint density at radius 3 is 1.57 bits per heavy atom. The van der Waals surface area contributed by atoms with Crippen molar-refractivity contribution in [3.05, 3.63) is 89.5 Å². The molecule has 0 N–H and O–H groups in total. The lowest BCUT2D eigenvalue weighted by molar-refractivity contribution is 0.0230. The molecule has 9 nitrogen and oxygen atoms in total. The Kier molecular flexibility index (Phi) is 12.1. The normalized spacial score (nSPS) is 12.1. The molecule has 0 aromatic heterocycles. The summed E-state index contributed by atoms with van der Waals surface area (Å²) >= 11 is 0. The maximum absolute atomic E-state index is 12.4. The Morgan fingerprint density at radius 2 is 1.12 bits per heavy atom. The standard InChI is InChI=1S/C29H36O9S2/c1-23-7-11-28(12-8-23)39(30,31)37-17-15-35-21-26(19-25-5-4-6-27(20-25)34-3)22-36-16-18-38-40(32,33)29-13-9-24(2)10-14-29/h4-14,20,26H,15-19,21-22H2,1-3H3. The molecule has 0 radical (unpaired) electrons. The maximum Gasteiger partial charge on any atom is 0.297 e. The van der Waals surface area contributed by atoms with Crippen LogP contribution in [0.4, 0.5) is 0 Å². The lowest BCUT2D eigenvalue weighted by Gasteiger charge is -2.18. The molecule has 0 heterocycles. The molecular weight excluding hydrogens is 556 g/mol. The average Bonchev–Trinajstić information content (AvgIpc) is 2.93. The Morgan fingerprint density at radius 1 is 0.650 bits per heavy atom. The minimum atomic E-state index is -3.87. The van der Waals surface area contributed by atoms with E-state index in [1.807, 2.05) is 38.1 Å². The first-order chi connectivity index (χ1) is 19.1. The summed E-state index contributed by atoms with van der Waals surface area (Å²) < 4.78 is 76.4. The molecular formula is C29H36O9S2. The van der Waals surface area contributed by atoms with Gasteiger partial charge in [0.15, 0.2) is 0 Å². The predicted molar refractivity (Wildman–Crippen MR) is 150 cm³/mol. The van der Waals surface area contributed by atoms with Crippen molar-refractivity contribution < 1.29 is 39.4 Å². The molecule has 0 saturated carbocycles. The summed E-state index contributed by atoms with van der Waals surface area (Å²) in [5.41, 5.74) is 2.91. The van der Waals surface area contributed by atoms with Crippen molar-refractivity contribution in [1.82, 2.24) is 0 Å². The summed E-state index contributed by atoms with van der Waals surface area (Å²) in [5.74, 6) is 0.622. The highest BCUT2D eigenvalue weighted by molar-refractivity contribution is 7.87. The van der Waals surface area contributed by atoms with Gasteiger partial charge in [-0.1, -0.05) is 47.5 Å². The van der Waals surface area contributed by atoms with E-state index in [0.717, 1.165) is 22.4 Å². The van der Waals surface area contributed by atoms with Crippen LogP contribution in [0.3, 0.4) is 0 Å². The monoisotopic (exact) mass is 592 g/mol. The van der Waals surface area contributed by atoms with Crippen molar-refractivity contribution in [2.75, 3.05) is 46.8 Å². The molecule has 0 saturated heterocycles. The van der Waals surface area contributed by atoms with E-state index in [4.69, 9.17) is 22.6 Å². The third kappa shape index (κ3) is 10.3. The van der Waals surface area contributed by atoms with Crippen molar-refractivity contribution >= 4 is 20.2 Å². The fourth-order valence-corrected chi connectivity index (χ4v) is 5.54. The van der Waals surface area contributed by atoms with E-state index in [-0.39, 0.29) is 55.4 Å². The van der Waals surface area contributed by atoms with Crippen LogP contribution in [0.25, 0.3) is 0 Å². The number of hydrogen-bond donors (Lipinski definition) is 0. The Bertz CT molecular complexity index is 1320. The van der Waals surface area contributed by atoms with E-state index in [9.17, 15) is 16.8 Å². The first-order valence-corrected chi connectivity index (χ1v) is 15.6. The van der Waals surface area contributed by atoms with Crippen LogP contribution in [0.5, 0.6) is 5.75 Å². The number of hydrogen-bond acceptors (Lipinski definition) is 9. The number of aryl methyl sites for hydroxylation is 2. The van der Waals surface area contributed by atoms with Crippen LogP contribution < -0.4 is 4.74 Å². The fraction of sp³-hybridized carbons (Fsp3) is 0.379. The summed E-state index contributed by atoms with van der Waals surface area (Å²) in [6.45, 7) is 4.16. The lowest BCUT2D eigenvalue weighted by Crippen LogP contribution is -2.22. The van der Waals surface area contributed by atoms with Crippen molar-refractivity contribution in [1.29, 1.82) is 0 Å². The largest absolute Gasteiger partial charge is 0.497 e. The number of methoxy groups -OCH3 is 1. The van der Waals surface area contributed by atoms with Gasteiger partial charge in [-0.25, -0.2) is 0 Å². The molecule has 0 aliphatic rings. The smallest absolute Gasteiger partial charge is 0.297 e. The van der Waals surface area contributed by atoms with E-state index >= 15 is 0 Å². The van der Waals surface area contributed by atoms with Crippen LogP contribution in [0.2, 0.25) is 0 Å². The van der Waals surface area contributed by atoms with Crippen molar-refractivity contribution in [3.8, 4) is 5.75 Å². The lowest BCUT2D eigenvalue weighted by atomic mass is 10.0. The minimum Gasteiger partial charge on any atom is -0.497 e. The van der Waals surface area contributed by atoms with Gasteiger partial charge < -0.3 is 14.2 Å². The maximum atomic E-state index is 12.4. The minimum absolute atomic E-state index is 0.0671. The SMILES string of the molecule is COc1cccc(CC(COCCOS(=O)(=O)c2ccc(C)cc2)COCCOS(=O)(=O)c2ccc(C)cc2)c1. The molecule has 3 rings (SSSR count). The molecule has 0 fully saturated rings. The molecule has 3 aromatic carbocycles. The second-order valence-corrected chi connectivity index (χ2v) is 12.5. The second kappa shape index (κ2) is 15.3.